The van der Waals surface area contributed by atoms with Gasteiger partial charge in [0.1, 0.15) is 11.4 Å². The largest absolute Gasteiger partial charge is 0.348 e. The highest BCUT2D eigenvalue weighted by Gasteiger charge is 2.17. The van der Waals surface area contributed by atoms with Crippen molar-refractivity contribution in [3.05, 3.63) is 90.1 Å². The lowest BCUT2D eigenvalue weighted by atomic mass is 10.1. The van der Waals surface area contributed by atoms with Gasteiger partial charge in [0, 0.05) is 38.4 Å². The zero-order chi connectivity index (χ0) is 18.6. The van der Waals surface area contributed by atoms with Crippen molar-refractivity contribution in [3.8, 4) is 5.82 Å². The van der Waals surface area contributed by atoms with Crippen molar-refractivity contribution in [1.29, 1.82) is 0 Å². The van der Waals surface area contributed by atoms with Gasteiger partial charge >= 0.3 is 0 Å². The van der Waals surface area contributed by atoms with Gasteiger partial charge in [0.25, 0.3) is 5.91 Å². The summed E-state index contributed by atoms with van der Waals surface area (Å²) in [5.74, 6) is 0.586. The number of hydrogen-bond donors (Lipinski definition) is 1. The Labute approximate surface area is 156 Å². The highest BCUT2D eigenvalue weighted by atomic mass is 16.1. The molecule has 136 valence electrons. The molecule has 3 aromatic heterocycles. The minimum absolute atomic E-state index is 0.152. The number of carbonyl (C=O) groups excluding carboxylic acids is 1. The molecule has 1 N–H and O–H groups in total. The molecule has 0 saturated carbocycles. The van der Waals surface area contributed by atoms with E-state index >= 15 is 0 Å². The molecular weight excluding hydrogens is 340 g/mol. The van der Waals surface area contributed by atoms with E-state index in [-0.39, 0.29) is 5.91 Å². The van der Waals surface area contributed by atoms with Crippen LogP contribution >= 0.6 is 0 Å². The predicted molar refractivity (Wildman–Crippen MR) is 101 cm³/mol. The van der Waals surface area contributed by atoms with Crippen molar-refractivity contribution in [2.24, 2.45) is 7.05 Å². The summed E-state index contributed by atoms with van der Waals surface area (Å²) >= 11 is 0. The Hall–Kier alpha value is -3.61. The fraction of sp³-hybridized carbons (Fsp3) is 0.150. The van der Waals surface area contributed by atoms with Crippen LogP contribution in [0.2, 0.25) is 0 Å². The van der Waals surface area contributed by atoms with Gasteiger partial charge in [-0.2, -0.15) is 10.2 Å². The fourth-order valence-electron chi connectivity index (χ4n) is 3.10. The van der Waals surface area contributed by atoms with E-state index in [4.69, 9.17) is 0 Å². The van der Waals surface area contributed by atoms with Crippen LogP contribution in [0.1, 0.15) is 21.5 Å². The zero-order valence-electron chi connectivity index (χ0n) is 15.0. The molecule has 0 aliphatic heterocycles. The van der Waals surface area contributed by atoms with Gasteiger partial charge in [-0.25, -0.2) is 0 Å². The Morgan fingerprint density at radius 2 is 1.78 bits per heavy atom. The lowest BCUT2D eigenvalue weighted by Crippen LogP contribution is -2.24. The molecule has 0 spiro atoms. The molecule has 0 aliphatic carbocycles. The Balaban J connectivity index is 1.51. The maximum Gasteiger partial charge on any atom is 0.256 e. The van der Waals surface area contributed by atoms with Crippen LogP contribution in [0.4, 0.5) is 0 Å². The molecule has 0 bridgehead atoms. The van der Waals surface area contributed by atoms with Crippen molar-refractivity contribution in [3.63, 3.8) is 0 Å². The van der Waals surface area contributed by atoms with E-state index in [0.29, 0.717) is 18.7 Å². The summed E-state index contributed by atoms with van der Waals surface area (Å²) in [7, 11) is 1.82. The highest BCUT2D eigenvalue weighted by Crippen LogP contribution is 2.15. The minimum Gasteiger partial charge on any atom is -0.348 e. The van der Waals surface area contributed by atoms with Crippen molar-refractivity contribution in [1.82, 2.24) is 29.4 Å². The lowest BCUT2D eigenvalue weighted by Gasteiger charge is -2.12. The normalized spacial score (nSPS) is 10.9. The van der Waals surface area contributed by atoms with Gasteiger partial charge in [0.15, 0.2) is 0 Å². The first-order chi connectivity index (χ1) is 13.2. The first kappa shape index (κ1) is 16.8. The van der Waals surface area contributed by atoms with Crippen LogP contribution in [0, 0.1) is 0 Å². The molecule has 27 heavy (non-hydrogen) atoms. The van der Waals surface area contributed by atoms with E-state index in [1.54, 1.807) is 17.1 Å². The van der Waals surface area contributed by atoms with Crippen molar-refractivity contribution in [2.75, 3.05) is 0 Å². The molecule has 7 nitrogen and oxygen atoms in total. The Bertz CT molecular complexity index is 1030. The summed E-state index contributed by atoms with van der Waals surface area (Å²) in [5, 5.41) is 11.5. The maximum atomic E-state index is 12.8. The number of hydrogen-bond acceptors (Lipinski definition) is 3. The average molecular weight is 360 g/mol. The van der Waals surface area contributed by atoms with Gasteiger partial charge in [0.05, 0.1) is 12.7 Å². The predicted octanol–water partition coefficient (Wildman–Crippen LogP) is 2.39. The summed E-state index contributed by atoms with van der Waals surface area (Å²) in [6, 6.07) is 13.8. The zero-order valence-corrected chi connectivity index (χ0v) is 15.0. The average Bonchev–Trinajstić information content (AvgIpc) is 3.42. The molecule has 4 aromatic rings. The van der Waals surface area contributed by atoms with Crippen molar-refractivity contribution < 1.29 is 4.79 Å². The van der Waals surface area contributed by atoms with Gasteiger partial charge in [-0.15, -0.1) is 0 Å². The molecule has 3 heterocycles. The lowest BCUT2D eigenvalue weighted by molar-refractivity contribution is 0.0950. The smallest absolute Gasteiger partial charge is 0.256 e. The number of amides is 1. The number of rotatable bonds is 6. The number of nitrogens with one attached hydrogen (secondary N) is 1. The summed E-state index contributed by atoms with van der Waals surface area (Å²) in [6.07, 6.45) is 9.07. The first-order valence-electron chi connectivity index (χ1n) is 8.70. The van der Waals surface area contributed by atoms with Gasteiger partial charge in [-0.3, -0.25) is 14.2 Å². The molecule has 1 aromatic carbocycles. The number of carbonyl (C=O) groups is 1. The number of nitrogens with zero attached hydrogens (tertiary/aromatic N) is 5. The van der Waals surface area contributed by atoms with Gasteiger partial charge < -0.3 is 9.88 Å². The fourth-order valence-corrected chi connectivity index (χ4v) is 3.10. The molecule has 0 atom stereocenters. The molecule has 1 amide bonds. The monoisotopic (exact) mass is 360 g/mol. The summed E-state index contributed by atoms with van der Waals surface area (Å²) in [5.41, 5.74) is 2.73. The third-order valence-corrected chi connectivity index (χ3v) is 4.45. The van der Waals surface area contributed by atoms with Gasteiger partial charge in [-0.1, -0.05) is 24.3 Å². The van der Waals surface area contributed by atoms with E-state index < -0.39 is 0 Å². The van der Waals surface area contributed by atoms with E-state index in [9.17, 15) is 4.79 Å². The third-order valence-electron chi connectivity index (χ3n) is 4.45. The van der Waals surface area contributed by atoms with Gasteiger partial charge in [-0.05, 0) is 29.3 Å². The molecule has 4 rings (SSSR count). The quantitative estimate of drug-likeness (QED) is 0.574. The second-order valence-electron chi connectivity index (χ2n) is 6.25. The summed E-state index contributed by atoms with van der Waals surface area (Å²) in [6.45, 7) is 1.11. The van der Waals surface area contributed by atoms with Crippen LogP contribution in [0.15, 0.2) is 73.4 Å². The number of benzene rings is 1. The second-order valence-corrected chi connectivity index (χ2v) is 6.25. The molecular formula is C20H20N6O. The topological polar surface area (TPSA) is 69.7 Å². The molecule has 0 saturated heterocycles. The highest BCUT2D eigenvalue weighted by molar-refractivity contribution is 5.97. The SMILES string of the molecule is Cn1ncc(C(=O)NCc2ccccc2Cn2cccn2)c1-n1cccc1. The minimum atomic E-state index is -0.152. The summed E-state index contributed by atoms with van der Waals surface area (Å²) in [4.78, 5) is 12.8. The molecule has 0 unspecified atom stereocenters. The van der Waals surface area contributed by atoms with Crippen molar-refractivity contribution in [2.45, 2.75) is 13.1 Å². The molecule has 7 heteroatoms. The van der Waals surface area contributed by atoms with E-state index in [0.717, 1.165) is 16.9 Å². The van der Waals surface area contributed by atoms with Gasteiger partial charge in [0.2, 0.25) is 0 Å². The van der Waals surface area contributed by atoms with Crippen LogP contribution in [-0.2, 0) is 20.1 Å². The van der Waals surface area contributed by atoms with Crippen LogP contribution in [-0.4, -0.2) is 30.0 Å². The van der Waals surface area contributed by atoms with Crippen LogP contribution in [0.25, 0.3) is 5.82 Å². The standard InChI is InChI=1S/C20H20N6O/c1-24-20(25-10-4-5-11-25)18(14-23-24)19(27)21-13-16-7-2-3-8-17(16)15-26-12-6-9-22-26/h2-12,14H,13,15H2,1H3,(H,21,27). The van der Waals surface area contributed by atoms with Crippen LogP contribution in [0.3, 0.4) is 0 Å². The first-order valence-corrected chi connectivity index (χ1v) is 8.70. The van der Waals surface area contributed by atoms with Crippen LogP contribution < -0.4 is 5.32 Å². The third kappa shape index (κ3) is 3.52. The Morgan fingerprint density at radius 1 is 1.00 bits per heavy atom. The Morgan fingerprint density at radius 3 is 2.52 bits per heavy atom. The Kier molecular flexibility index (Phi) is 4.57. The molecule has 0 fully saturated rings. The van der Waals surface area contributed by atoms with E-state index in [1.807, 2.05) is 71.3 Å². The molecule has 0 aliphatic rings. The second kappa shape index (κ2) is 7.33. The van der Waals surface area contributed by atoms with E-state index in [2.05, 4.69) is 21.6 Å². The summed E-state index contributed by atoms with van der Waals surface area (Å²) < 4.78 is 5.44. The van der Waals surface area contributed by atoms with Crippen LogP contribution in [0.5, 0.6) is 0 Å². The van der Waals surface area contributed by atoms with E-state index in [1.165, 1.54) is 0 Å². The molecule has 0 radical (unpaired) electrons. The number of aromatic nitrogens is 5. The van der Waals surface area contributed by atoms with Crippen molar-refractivity contribution >= 4 is 5.91 Å². The maximum absolute atomic E-state index is 12.8. The number of aryl methyl sites for hydroxylation is 1.